The zero-order valence-corrected chi connectivity index (χ0v) is 10.3. The first-order valence-corrected chi connectivity index (χ1v) is 5.59. The minimum atomic E-state index is -0.458. The largest absolute Gasteiger partial charge is 0.497 e. The molecule has 0 aromatic heterocycles. The first-order chi connectivity index (χ1) is 8.62. The average molecular weight is 250 g/mol. The van der Waals surface area contributed by atoms with Gasteiger partial charge in [-0.1, -0.05) is 0 Å². The van der Waals surface area contributed by atoms with Crippen molar-refractivity contribution < 1.29 is 23.8 Å². The summed E-state index contributed by atoms with van der Waals surface area (Å²) in [6.45, 7) is 0. The van der Waals surface area contributed by atoms with E-state index in [1.165, 1.54) is 0 Å². The van der Waals surface area contributed by atoms with E-state index in [0.717, 1.165) is 5.56 Å². The van der Waals surface area contributed by atoms with Gasteiger partial charge in [0.1, 0.15) is 11.5 Å². The number of rotatable bonds is 4. The van der Waals surface area contributed by atoms with Gasteiger partial charge in [-0.25, -0.2) is 0 Å². The molecule has 0 saturated carbocycles. The molecule has 0 amide bonds. The smallest absolute Gasteiger partial charge is 0.317 e. The second-order valence-corrected chi connectivity index (χ2v) is 4.12. The Kier molecular flexibility index (Phi) is 3.50. The third-order valence-electron chi connectivity index (χ3n) is 2.85. The predicted molar refractivity (Wildman–Crippen MR) is 62.5 cm³/mol. The molecule has 1 aromatic rings. The molecule has 0 spiro atoms. The maximum absolute atomic E-state index is 11.4. The normalized spacial score (nSPS) is 18.7. The molecule has 1 atom stereocenters. The Bertz CT molecular complexity index is 458. The predicted octanol–water partition coefficient (Wildman–Crippen LogP) is 1.34. The van der Waals surface area contributed by atoms with Crippen molar-refractivity contribution >= 4 is 11.9 Å². The topological polar surface area (TPSA) is 61.8 Å². The molecule has 0 bridgehead atoms. The van der Waals surface area contributed by atoms with E-state index in [4.69, 9.17) is 9.47 Å². The fourth-order valence-electron chi connectivity index (χ4n) is 1.95. The fraction of sp³-hybridized carbons (Fsp3) is 0.385. The second kappa shape index (κ2) is 5.08. The van der Waals surface area contributed by atoms with Gasteiger partial charge in [-0.15, -0.1) is 0 Å². The number of carbonyl (C=O) groups excluding carboxylic acids is 2. The molecule has 0 radical (unpaired) electrons. The van der Waals surface area contributed by atoms with Crippen molar-refractivity contribution in [3.05, 3.63) is 23.8 Å². The summed E-state index contributed by atoms with van der Waals surface area (Å²) in [6.07, 6.45) is 0.580. The van der Waals surface area contributed by atoms with E-state index in [0.29, 0.717) is 17.9 Å². The van der Waals surface area contributed by atoms with Crippen LogP contribution in [0.15, 0.2) is 18.2 Å². The molecule has 18 heavy (non-hydrogen) atoms. The molecular formula is C13H14O5. The van der Waals surface area contributed by atoms with E-state index in [-0.39, 0.29) is 6.42 Å². The summed E-state index contributed by atoms with van der Waals surface area (Å²) < 4.78 is 14.8. The molecule has 1 fully saturated rings. The zero-order chi connectivity index (χ0) is 13.1. The molecule has 0 N–H and O–H groups in total. The van der Waals surface area contributed by atoms with Crippen molar-refractivity contribution in [2.24, 2.45) is 5.92 Å². The minimum Gasteiger partial charge on any atom is -0.497 e. The van der Waals surface area contributed by atoms with Crippen LogP contribution in [0.3, 0.4) is 0 Å². The van der Waals surface area contributed by atoms with E-state index in [2.05, 4.69) is 4.74 Å². The molecule has 96 valence electrons. The molecule has 1 aliphatic rings. The van der Waals surface area contributed by atoms with Gasteiger partial charge in [0.25, 0.3) is 0 Å². The Morgan fingerprint density at radius 2 is 1.78 bits per heavy atom. The van der Waals surface area contributed by atoms with Gasteiger partial charge in [0.15, 0.2) is 0 Å². The van der Waals surface area contributed by atoms with Gasteiger partial charge in [0.2, 0.25) is 0 Å². The van der Waals surface area contributed by atoms with Crippen LogP contribution in [0.25, 0.3) is 0 Å². The van der Waals surface area contributed by atoms with Crippen LogP contribution in [-0.2, 0) is 20.7 Å². The van der Waals surface area contributed by atoms with Crippen molar-refractivity contribution in [1.82, 2.24) is 0 Å². The van der Waals surface area contributed by atoms with Gasteiger partial charge < -0.3 is 14.2 Å². The average Bonchev–Trinajstić information content (AvgIpc) is 2.67. The van der Waals surface area contributed by atoms with Gasteiger partial charge in [0, 0.05) is 6.07 Å². The van der Waals surface area contributed by atoms with Crippen LogP contribution in [0.5, 0.6) is 11.5 Å². The first kappa shape index (κ1) is 12.4. The van der Waals surface area contributed by atoms with Crippen LogP contribution >= 0.6 is 0 Å². The second-order valence-electron chi connectivity index (χ2n) is 4.12. The van der Waals surface area contributed by atoms with Crippen molar-refractivity contribution in [2.45, 2.75) is 12.8 Å². The molecule has 0 unspecified atom stereocenters. The number of esters is 2. The molecule has 2 rings (SSSR count). The van der Waals surface area contributed by atoms with Crippen molar-refractivity contribution in [3.63, 3.8) is 0 Å². The van der Waals surface area contributed by atoms with Gasteiger partial charge in [-0.2, -0.15) is 0 Å². The molecule has 5 heteroatoms. The van der Waals surface area contributed by atoms with Crippen molar-refractivity contribution in [2.75, 3.05) is 14.2 Å². The lowest BCUT2D eigenvalue weighted by molar-refractivity contribution is -0.153. The van der Waals surface area contributed by atoms with Gasteiger partial charge in [-0.05, 0) is 24.1 Å². The number of hydrogen-bond donors (Lipinski definition) is 0. The summed E-state index contributed by atoms with van der Waals surface area (Å²) in [7, 11) is 3.12. The monoisotopic (exact) mass is 250 g/mol. The van der Waals surface area contributed by atoms with Crippen LogP contribution in [0, 0.1) is 5.92 Å². The molecule has 5 nitrogen and oxygen atoms in total. The van der Waals surface area contributed by atoms with Gasteiger partial charge in [0.05, 0.1) is 26.6 Å². The van der Waals surface area contributed by atoms with Crippen LogP contribution < -0.4 is 9.47 Å². The highest BCUT2D eigenvalue weighted by atomic mass is 16.6. The molecule has 1 heterocycles. The molecule has 0 aliphatic carbocycles. The highest BCUT2D eigenvalue weighted by Gasteiger charge is 2.33. The minimum absolute atomic E-state index is 0.137. The van der Waals surface area contributed by atoms with Crippen molar-refractivity contribution in [1.29, 1.82) is 0 Å². The lowest BCUT2D eigenvalue weighted by Gasteiger charge is -2.09. The lowest BCUT2D eigenvalue weighted by atomic mass is 9.98. The van der Waals surface area contributed by atoms with E-state index in [1.54, 1.807) is 20.3 Å². The lowest BCUT2D eigenvalue weighted by Crippen LogP contribution is -2.10. The number of cyclic esters (lactones) is 2. The van der Waals surface area contributed by atoms with Gasteiger partial charge in [-0.3, -0.25) is 9.59 Å². The van der Waals surface area contributed by atoms with Crippen LogP contribution in [0.1, 0.15) is 12.0 Å². The number of benzene rings is 1. The van der Waals surface area contributed by atoms with E-state index >= 15 is 0 Å². The Labute approximate surface area is 105 Å². The molecule has 1 saturated heterocycles. The quantitative estimate of drug-likeness (QED) is 0.596. The van der Waals surface area contributed by atoms with E-state index < -0.39 is 17.9 Å². The Balaban J connectivity index is 2.18. The number of hydrogen-bond acceptors (Lipinski definition) is 5. The first-order valence-electron chi connectivity index (χ1n) is 5.59. The maximum Gasteiger partial charge on any atom is 0.317 e. The Morgan fingerprint density at radius 3 is 2.22 bits per heavy atom. The summed E-state index contributed by atoms with van der Waals surface area (Å²) in [6, 6.07) is 5.39. The number of methoxy groups -OCH3 is 2. The summed E-state index contributed by atoms with van der Waals surface area (Å²) in [5.74, 6) is -0.0139. The summed E-state index contributed by atoms with van der Waals surface area (Å²) in [5, 5.41) is 0. The molecular weight excluding hydrogens is 236 g/mol. The third-order valence-corrected chi connectivity index (χ3v) is 2.85. The highest BCUT2D eigenvalue weighted by molar-refractivity contribution is 5.94. The number of ether oxygens (including phenoxy) is 3. The molecule has 1 aliphatic heterocycles. The third kappa shape index (κ3) is 2.61. The summed E-state index contributed by atoms with van der Waals surface area (Å²) in [4.78, 5) is 22.4. The molecule has 1 aromatic carbocycles. The fourth-order valence-corrected chi connectivity index (χ4v) is 1.95. The maximum atomic E-state index is 11.4. The van der Waals surface area contributed by atoms with Crippen LogP contribution in [0.4, 0.5) is 0 Å². The zero-order valence-electron chi connectivity index (χ0n) is 10.3. The van der Waals surface area contributed by atoms with Gasteiger partial charge >= 0.3 is 11.9 Å². The van der Waals surface area contributed by atoms with E-state index in [1.807, 2.05) is 12.1 Å². The van der Waals surface area contributed by atoms with E-state index in [9.17, 15) is 9.59 Å². The number of carbonyl (C=O) groups is 2. The summed E-state index contributed by atoms with van der Waals surface area (Å²) in [5.41, 5.74) is 0.878. The standard InChI is InChI=1S/C13H14O5/c1-16-10-4-8(5-11(7-10)17-2)3-9-6-12(14)18-13(9)15/h4-5,7,9H,3,6H2,1-2H3/t9-/m0/s1. The van der Waals surface area contributed by atoms with Crippen LogP contribution in [0.2, 0.25) is 0 Å². The Hall–Kier alpha value is -2.04. The Morgan fingerprint density at radius 1 is 1.17 bits per heavy atom. The summed E-state index contributed by atoms with van der Waals surface area (Å²) >= 11 is 0. The highest BCUT2D eigenvalue weighted by Crippen LogP contribution is 2.27. The van der Waals surface area contributed by atoms with Crippen molar-refractivity contribution in [3.8, 4) is 11.5 Å². The van der Waals surface area contributed by atoms with Crippen LogP contribution in [-0.4, -0.2) is 26.2 Å². The SMILES string of the molecule is COc1cc(C[C@H]2CC(=O)OC2=O)cc(OC)c1.